The number of aliphatic hydroxyl groups excluding tert-OH is 1. The zero-order valence-corrected chi connectivity index (χ0v) is 24.2. The highest BCUT2D eigenvalue weighted by atomic mass is 16.6. The number of amides is 1. The van der Waals surface area contributed by atoms with Gasteiger partial charge in [-0.3, -0.25) is 0 Å². The van der Waals surface area contributed by atoms with Crippen LogP contribution in [-0.4, -0.2) is 55.7 Å². The Morgan fingerprint density at radius 2 is 1.56 bits per heavy atom. The van der Waals surface area contributed by atoms with Gasteiger partial charge in [0.1, 0.15) is 18.8 Å². The van der Waals surface area contributed by atoms with E-state index in [1.54, 1.807) is 14.0 Å². The maximum absolute atomic E-state index is 13.0. The predicted molar refractivity (Wildman–Crippen MR) is 153 cm³/mol. The lowest BCUT2D eigenvalue weighted by atomic mass is 9.78. The summed E-state index contributed by atoms with van der Waals surface area (Å²) in [5.74, 6) is -0.629. The van der Waals surface area contributed by atoms with Crippen LogP contribution in [0.2, 0.25) is 0 Å². The van der Waals surface area contributed by atoms with Crippen LogP contribution in [0.15, 0.2) is 48.5 Å². The third-order valence-electron chi connectivity index (χ3n) is 7.86. The van der Waals surface area contributed by atoms with Crippen LogP contribution >= 0.6 is 0 Å². The highest BCUT2D eigenvalue weighted by molar-refractivity contribution is 5.81. The second-order valence-corrected chi connectivity index (χ2v) is 11.4. The first kappa shape index (κ1) is 30.6. The van der Waals surface area contributed by atoms with Crippen molar-refractivity contribution in [2.75, 3.05) is 20.3 Å². The molecule has 0 saturated heterocycles. The molecule has 0 spiro atoms. The fourth-order valence-electron chi connectivity index (χ4n) is 5.54. The van der Waals surface area contributed by atoms with Crippen LogP contribution in [0.4, 0.5) is 4.79 Å². The van der Waals surface area contributed by atoms with E-state index in [1.807, 2.05) is 45.0 Å². The van der Waals surface area contributed by atoms with E-state index in [4.69, 9.17) is 14.2 Å². The van der Waals surface area contributed by atoms with Crippen LogP contribution in [-0.2, 0) is 19.0 Å². The molecule has 1 aliphatic carbocycles. The highest BCUT2D eigenvalue weighted by Crippen LogP contribution is 2.44. The van der Waals surface area contributed by atoms with Crippen molar-refractivity contribution in [1.82, 2.24) is 5.32 Å². The Bertz CT molecular complexity index is 1050. The summed E-state index contributed by atoms with van der Waals surface area (Å²) in [6.07, 6.45) is 2.59. The van der Waals surface area contributed by atoms with Crippen LogP contribution in [0.5, 0.6) is 0 Å². The normalized spacial score (nSPS) is 16.0. The third-order valence-corrected chi connectivity index (χ3v) is 7.86. The molecule has 4 atom stereocenters. The molecule has 0 unspecified atom stereocenters. The molecule has 0 bridgehead atoms. The van der Waals surface area contributed by atoms with Gasteiger partial charge in [-0.05, 0) is 54.4 Å². The van der Waals surface area contributed by atoms with Gasteiger partial charge in [0.2, 0.25) is 0 Å². The molecule has 1 aliphatic rings. The minimum atomic E-state index is -0.906. The summed E-state index contributed by atoms with van der Waals surface area (Å²) in [5.41, 5.74) is 3.90. The standard InChI is InChI=1S/C32H45NO6/c1-7-12-23(37-6)18-17-21(2)29(32(4,5)20-34)39-30(35)22(3)33-31(36)38-19-28-26-15-10-8-13-24(26)25-14-9-11-16-27(25)28/h8-11,13-16,21-23,28-29,34H,7,12,17-20H2,1-6H3,(H,33,36)/t21-,22+,23+,29+/m1/s1. The van der Waals surface area contributed by atoms with Crippen molar-refractivity contribution in [3.63, 3.8) is 0 Å². The summed E-state index contributed by atoms with van der Waals surface area (Å²) in [5, 5.41) is 12.6. The van der Waals surface area contributed by atoms with Gasteiger partial charge in [-0.2, -0.15) is 0 Å². The van der Waals surface area contributed by atoms with Crippen LogP contribution in [0.3, 0.4) is 0 Å². The molecule has 1 amide bonds. The van der Waals surface area contributed by atoms with Crippen LogP contribution < -0.4 is 5.32 Å². The van der Waals surface area contributed by atoms with Gasteiger partial charge in [0.05, 0.1) is 12.7 Å². The summed E-state index contributed by atoms with van der Waals surface area (Å²) in [4.78, 5) is 25.7. The summed E-state index contributed by atoms with van der Waals surface area (Å²) >= 11 is 0. The van der Waals surface area contributed by atoms with E-state index >= 15 is 0 Å². The minimum Gasteiger partial charge on any atom is -0.460 e. The summed E-state index contributed by atoms with van der Waals surface area (Å²) in [7, 11) is 1.72. The molecule has 7 heteroatoms. The van der Waals surface area contributed by atoms with Gasteiger partial charge >= 0.3 is 12.1 Å². The minimum absolute atomic E-state index is 0.00717. The van der Waals surface area contributed by atoms with Gasteiger partial charge < -0.3 is 24.6 Å². The maximum atomic E-state index is 13.0. The molecule has 3 rings (SSSR count). The monoisotopic (exact) mass is 539 g/mol. The van der Waals surface area contributed by atoms with E-state index in [2.05, 4.69) is 36.5 Å². The number of rotatable bonds is 14. The van der Waals surface area contributed by atoms with E-state index in [0.717, 1.165) is 47.9 Å². The molecule has 0 aromatic heterocycles. The van der Waals surface area contributed by atoms with Crippen LogP contribution in [0.25, 0.3) is 11.1 Å². The lowest BCUT2D eigenvalue weighted by Gasteiger charge is -2.37. The van der Waals surface area contributed by atoms with E-state index in [9.17, 15) is 14.7 Å². The van der Waals surface area contributed by atoms with Gasteiger partial charge in [-0.15, -0.1) is 0 Å². The zero-order chi connectivity index (χ0) is 28.6. The Morgan fingerprint density at radius 3 is 2.10 bits per heavy atom. The van der Waals surface area contributed by atoms with Crippen LogP contribution in [0, 0.1) is 11.3 Å². The number of hydrogen-bond acceptors (Lipinski definition) is 6. The Morgan fingerprint density at radius 1 is 0.974 bits per heavy atom. The number of carbonyl (C=O) groups is 2. The van der Waals surface area contributed by atoms with Crippen molar-refractivity contribution in [2.24, 2.45) is 11.3 Å². The molecule has 7 nitrogen and oxygen atoms in total. The Labute approximate surface area is 233 Å². The van der Waals surface area contributed by atoms with Crippen LogP contribution in [0.1, 0.15) is 77.3 Å². The molecule has 2 aromatic rings. The number of methoxy groups -OCH3 is 1. The van der Waals surface area contributed by atoms with Crippen molar-refractivity contribution in [3.8, 4) is 11.1 Å². The molecular formula is C32H45NO6. The smallest absolute Gasteiger partial charge is 0.407 e. The molecule has 0 heterocycles. The summed E-state index contributed by atoms with van der Waals surface area (Å²) in [6, 6.07) is 15.4. The number of aliphatic hydroxyl groups is 1. The van der Waals surface area contributed by atoms with Gasteiger partial charge in [0.25, 0.3) is 0 Å². The van der Waals surface area contributed by atoms with E-state index in [0.29, 0.717) is 0 Å². The first-order chi connectivity index (χ1) is 18.6. The van der Waals surface area contributed by atoms with Crippen molar-refractivity contribution in [2.45, 2.75) is 84.5 Å². The molecule has 39 heavy (non-hydrogen) atoms. The lowest BCUT2D eigenvalue weighted by Crippen LogP contribution is -2.47. The van der Waals surface area contributed by atoms with Gasteiger partial charge in [-0.25, -0.2) is 9.59 Å². The second-order valence-electron chi connectivity index (χ2n) is 11.4. The average Bonchev–Trinajstić information content (AvgIpc) is 3.25. The number of hydrogen-bond donors (Lipinski definition) is 2. The van der Waals surface area contributed by atoms with E-state index < -0.39 is 29.6 Å². The Hall–Kier alpha value is -2.90. The first-order valence-electron chi connectivity index (χ1n) is 14.1. The van der Waals surface area contributed by atoms with Crippen molar-refractivity contribution >= 4 is 12.1 Å². The van der Waals surface area contributed by atoms with Gasteiger partial charge in [-0.1, -0.05) is 82.6 Å². The van der Waals surface area contributed by atoms with Gasteiger partial charge in [0.15, 0.2) is 0 Å². The molecule has 2 aromatic carbocycles. The largest absolute Gasteiger partial charge is 0.460 e. The zero-order valence-electron chi connectivity index (χ0n) is 24.2. The molecular weight excluding hydrogens is 494 g/mol. The fourth-order valence-corrected chi connectivity index (χ4v) is 5.54. The van der Waals surface area contributed by atoms with E-state index in [1.165, 1.54) is 0 Å². The number of esters is 1. The Balaban J connectivity index is 1.58. The number of benzene rings is 2. The van der Waals surface area contributed by atoms with Crippen molar-refractivity contribution in [1.29, 1.82) is 0 Å². The third kappa shape index (κ3) is 7.61. The Kier molecular flexibility index (Phi) is 11.0. The SMILES string of the molecule is CCC[C@@H](CC[C@@H](C)[C@H](OC(=O)[C@H](C)NC(=O)OCC1c2ccccc2-c2ccccc21)C(C)(C)CO)OC. The predicted octanol–water partition coefficient (Wildman–Crippen LogP) is 6.08. The number of alkyl carbamates (subject to hydrolysis) is 1. The summed E-state index contributed by atoms with van der Waals surface area (Å²) in [6.45, 7) is 9.52. The fraction of sp³-hybridized carbons (Fsp3) is 0.562. The second kappa shape index (κ2) is 13.9. The number of carbonyl (C=O) groups excluding carboxylic acids is 2. The maximum Gasteiger partial charge on any atom is 0.407 e. The highest BCUT2D eigenvalue weighted by Gasteiger charge is 2.38. The number of fused-ring (bicyclic) bond motifs is 3. The molecule has 0 saturated carbocycles. The molecule has 0 fully saturated rings. The van der Waals surface area contributed by atoms with Gasteiger partial charge in [0, 0.05) is 18.4 Å². The van der Waals surface area contributed by atoms with Crippen molar-refractivity contribution < 1.29 is 28.9 Å². The molecule has 0 aliphatic heterocycles. The quantitative estimate of drug-likeness (QED) is 0.283. The first-order valence-corrected chi connectivity index (χ1v) is 14.1. The van der Waals surface area contributed by atoms with E-state index in [-0.39, 0.29) is 31.2 Å². The number of nitrogens with one attached hydrogen (secondary N) is 1. The molecule has 2 N–H and O–H groups in total. The van der Waals surface area contributed by atoms with Crippen molar-refractivity contribution in [3.05, 3.63) is 59.7 Å². The topological polar surface area (TPSA) is 94.1 Å². The molecule has 0 radical (unpaired) electrons. The lowest BCUT2D eigenvalue weighted by molar-refractivity contribution is -0.164. The molecule has 214 valence electrons. The number of ether oxygens (including phenoxy) is 3. The summed E-state index contributed by atoms with van der Waals surface area (Å²) < 4.78 is 17.1. The average molecular weight is 540 g/mol.